The van der Waals surface area contributed by atoms with Gasteiger partial charge < -0.3 is 14.9 Å². The zero-order chi connectivity index (χ0) is 17.3. The molecule has 5 nitrogen and oxygen atoms in total. The van der Waals surface area contributed by atoms with Gasteiger partial charge in [-0.05, 0) is 31.9 Å². The van der Waals surface area contributed by atoms with Gasteiger partial charge in [-0.3, -0.25) is 4.79 Å². The van der Waals surface area contributed by atoms with E-state index in [0.29, 0.717) is 39.0 Å². The second-order valence-corrected chi connectivity index (χ2v) is 6.81. The molecule has 0 bridgehead atoms. The highest BCUT2D eigenvalue weighted by Gasteiger charge is 2.29. The summed E-state index contributed by atoms with van der Waals surface area (Å²) in [6.45, 7) is 1.66. The number of hydrogen-bond acceptors (Lipinski definition) is 4. The Morgan fingerprint density at radius 1 is 1.29 bits per heavy atom. The third-order valence-corrected chi connectivity index (χ3v) is 4.97. The van der Waals surface area contributed by atoms with E-state index in [0.717, 1.165) is 19.3 Å². The molecular formula is C17H18Cl2N2O3. The van der Waals surface area contributed by atoms with Crippen molar-refractivity contribution in [2.75, 3.05) is 0 Å². The van der Waals surface area contributed by atoms with Crippen LogP contribution < -0.4 is 5.32 Å². The molecule has 1 aromatic carbocycles. The summed E-state index contributed by atoms with van der Waals surface area (Å²) in [5.41, 5.74) is 1.07. The van der Waals surface area contributed by atoms with Gasteiger partial charge in [0, 0.05) is 5.56 Å². The average molecular weight is 369 g/mol. The van der Waals surface area contributed by atoms with Crippen LogP contribution in [0.5, 0.6) is 0 Å². The van der Waals surface area contributed by atoms with Crippen molar-refractivity contribution < 1.29 is 14.4 Å². The van der Waals surface area contributed by atoms with Gasteiger partial charge >= 0.3 is 0 Å². The van der Waals surface area contributed by atoms with Crippen LogP contribution in [0.15, 0.2) is 22.7 Å². The molecule has 7 heteroatoms. The molecule has 0 spiro atoms. The molecule has 2 N–H and O–H groups in total. The van der Waals surface area contributed by atoms with Gasteiger partial charge in [0.15, 0.2) is 0 Å². The zero-order valence-corrected chi connectivity index (χ0v) is 14.7. The van der Waals surface area contributed by atoms with Crippen molar-refractivity contribution in [3.8, 4) is 11.3 Å². The van der Waals surface area contributed by atoms with Crippen LogP contribution in [0.2, 0.25) is 10.0 Å². The fraction of sp³-hybridized carbons (Fsp3) is 0.412. The minimum Gasteiger partial charge on any atom is -0.391 e. The number of carbonyl (C=O) groups excluding carboxylic acids is 1. The lowest BCUT2D eigenvalue weighted by Crippen LogP contribution is -2.45. The highest BCUT2D eigenvalue weighted by atomic mass is 35.5. The highest BCUT2D eigenvalue weighted by Crippen LogP contribution is 2.36. The number of hydrogen-bond donors (Lipinski definition) is 2. The van der Waals surface area contributed by atoms with Crippen LogP contribution in [0.3, 0.4) is 0 Å². The van der Waals surface area contributed by atoms with E-state index in [4.69, 9.17) is 27.7 Å². The topological polar surface area (TPSA) is 75.4 Å². The molecule has 1 aliphatic carbocycles. The summed E-state index contributed by atoms with van der Waals surface area (Å²) in [6, 6.07) is 4.81. The van der Waals surface area contributed by atoms with E-state index in [1.165, 1.54) is 0 Å². The van der Waals surface area contributed by atoms with E-state index >= 15 is 0 Å². The molecule has 3 rings (SSSR count). The number of carbonyl (C=O) groups is 1. The second-order valence-electron chi connectivity index (χ2n) is 5.99. The number of halogens is 2. The maximum atomic E-state index is 12.7. The number of aliphatic hydroxyl groups is 1. The standard InChI is InChI=1S/C17H18Cl2N2O3/c1-9-14(17(23)20-12-7-2-3-8-13(12)22)16(21-24-9)15-10(18)5-4-6-11(15)19/h4-6,12-13,22H,2-3,7-8H2,1H3,(H,20,23). The molecule has 1 aromatic heterocycles. The summed E-state index contributed by atoms with van der Waals surface area (Å²) >= 11 is 12.5. The summed E-state index contributed by atoms with van der Waals surface area (Å²) < 4.78 is 5.21. The maximum absolute atomic E-state index is 12.7. The minimum atomic E-state index is -0.532. The molecule has 128 valence electrons. The first-order valence-electron chi connectivity index (χ1n) is 7.88. The summed E-state index contributed by atoms with van der Waals surface area (Å²) in [7, 11) is 0. The molecule has 24 heavy (non-hydrogen) atoms. The fourth-order valence-corrected chi connectivity index (χ4v) is 3.63. The van der Waals surface area contributed by atoms with Gasteiger partial charge in [-0.1, -0.05) is 47.3 Å². The van der Waals surface area contributed by atoms with E-state index in [1.54, 1.807) is 25.1 Å². The van der Waals surface area contributed by atoms with Gasteiger partial charge in [0.05, 0.1) is 22.2 Å². The third-order valence-electron chi connectivity index (χ3n) is 4.34. The van der Waals surface area contributed by atoms with Crippen molar-refractivity contribution in [3.05, 3.63) is 39.6 Å². The Kier molecular flexibility index (Phi) is 5.13. The molecule has 0 aliphatic heterocycles. The lowest BCUT2D eigenvalue weighted by molar-refractivity contribution is 0.0716. The molecule has 1 saturated carbocycles. The third kappa shape index (κ3) is 3.29. The highest BCUT2D eigenvalue weighted by molar-refractivity contribution is 6.39. The van der Waals surface area contributed by atoms with E-state index in [9.17, 15) is 9.90 Å². The van der Waals surface area contributed by atoms with Gasteiger partial charge in [0.25, 0.3) is 5.91 Å². The molecule has 2 unspecified atom stereocenters. The molecule has 0 radical (unpaired) electrons. The first kappa shape index (κ1) is 17.3. The molecular weight excluding hydrogens is 351 g/mol. The summed E-state index contributed by atoms with van der Waals surface area (Å²) in [5, 5.41) is 17.7. The second kappa shape index (κ2) is 7.13. The summed E-state index contributed by atoms with van der Waals surface area (Å²) in [6.07, 6.45) is 2.86. The number of aryl methyl sites for hydroxylation is 1. The van der Waals surface area contributed by atoms with Crippen LogP contribution >= 0.6 is 23.2 Å². The van der Waals surface area contributed by atoms with Crippen molar-refractivity contribution >= 4 is 29.1 Å². The number of nitrogens with one attached hydrogen (secondary N) is 1. The molecule has 1 heterocycles. The average Bonchev–Trinajstić information content (AvgIpc) is 2.91. The van der Waals surface area contributed by atoms with Gasteiger partial charge in [-0.2, -0.15) is 0 Å². The van der Waals surface area contributed by atoms with Crippen LogP contribution in [-0.4, -0.2) is 28.3 Å². The van der Waals surface area contributed by atoms with E-state index in [2.05, 4.69) is 10.5 Å². The molecule has 1 aliphatic rings. The van der Waals surface area contributed by atoms with Crippen LogP contribution in [0.25, 0.3) is 11.3 Å². The van der Waals surface area contributed by atoms with Crippen molar-refractivity contribution in [2.24, 2.45) is 0 Å². The summed E-state index contributed by atoms with van der Waals surface area (Å²) in [5.74, 6) is 0.0365. The van der Waals surface area contributed by atoms with Crippen molar-refractivity contribution in [1.82, 2.24) is 10.5 Å². The van der Waals surface area contributed by atoms with Gasteiger partial charge in [-0.15, -0.1) is 0 Å². The summed E-state index contributed by atoms with van der Waals surface area (Å²) in [4.78, 5) is 12.7. The SMILES string of the molecule is Cc1onc(-c2c(Cl)cccc2Cl)c1C(=O)NC1CCCCC1O. The molecule has 0 saturated heterocycles. The van der Waals surface area contributed by atoms with Gasteiger partial charge in [0.1, 0.15) is 17.0 Å². The van der Waals surface area contributed by atoms with Gasteiger partial charge in [-0.25, -0.2) is 0 Å². The molecule has 1 amide bonds. The van der Waals surface area contributed by atoms with E-state index < -0.39 is 6.10 Å². The Hall–Kier alpha value is -1.56. The van der Waals surface area contributed by atoms with Crippen LogP contribution in [0, 0.1) is 6.92 Å². The van der Waals surface area contributed by atoms with Gasteiger partial charge in [0.2, 0.25) is 0 Å². The first-order chi connectivity index (χ1) is 11.5. The lowest BCUT2D eigenvalue weighted by Gasteiger charge is -2.28. The van der Waals surface area contributed by atoms with E-state index in [-0.39, 0.29) is 11.9 Å². The Balaban J connectivity index is 1.94. The van der Waals surface area contributed by atoms with Crippen molar-refractivity contribution in [3.63, 3.8) is 0 Å². The van der Waals surface area contributed by atoms with Crippen molar-refractivity contribution in [2.45, 2.75) is 44.8 Å². The number of rotatable bonds is 3. The zero-order valence-electron chi connectivity index (χ0n) is 13.2. The quantitative estimate of drug-likeness (QED) is 0.858. The first-order valence-corrected chi connectivity index (χ1v) is 8.64. The monoisotopic (exact) mass is 368 g/mol. The predicted octanol–water partition coefficient (Wildman–Crippen LogP) is 3.99. The van der Waals surface area contributed by atoms with Crippen LogP contribution in [0.1, 0.15) is 41.8 Å². The molecule has 2 aromatic rings. The number of aliphatic hydroxyl groups excluding tert-OH is 1. The molecule has 2 atom stereocenters. The molecule has 1 fully saturated rings. The maximum Gasteiger partial charge on any atom is 0.257 e. The fourth-order valence-electron chi connectivity index (χ4n) is 3.05. The number of aromatic nitrogens is 1. The Labute approximate surface area is 149 Å². The van der Waals surface area contributed by atoms with Crippen molar-refractivity contribution in [1.29, 1.82) is 0 Å². The predicted molar refractivity (Wildman–Crippen MR) is 92.4 cm³/mol. The lowest BCUT2D eigenvalue weighted by atomic mass is 9.92. The Bertz CT molecular complexity index is 740. The largest absolute Gasteiger partial charge is 0.391 e. The minimum absolute atomic E-state index is 0.268. The van der Waals surface area contributed by atoms with Crippen LogP contribution in [-0.2, 0) is 0 Å². The Morgan fingerprint density at radius 3 is 2.62 bits per heavy atom. The number of nitrogens with zero attached hydrogens (tertiary/aromatic N) is 1. The normalized spacial score (nSPS) is 20.8. The van der Waals surface area contributed by atoms with Crippen LogP contribution in [0.4, 0.5) is 0 Å². The number of benzene rings is 1. The smallest absolute Gasteiger partial charge is 0.257 e. The number of amides is 1. The Morgan fingerprint density at radius 2 is 1.96 bits per heavy atom. The van der Waals surface area contributed by atoms with E-state index in [1.807, 2.05) is 0 Å².